The molecule has 3 atom stereocenters. The van der Waals surface area contributed by atoms with Gasteiger partial charge in [-0.15, -0.1) is 0 Å². The molecule has 0 saturated carbocycles. The van der Waals surface area contributed by atoms with E-state index in [-0.39, 0.29) is 5.92 Å². The van der Waals surface area contributed by atoms with Gasteiger partial charge in [0.25, 0.3) is 0 Å². The van der Waals surface area contributed by atoms with Crippen LogP contribution in [0.3, 0.4) is 0 Å². The van der Waals surface area contributed by atoms with Gasteiger partial charge in [0.2, 0.25) is 0 Å². The average Bonchev–Trinajstić information content (AvgIpc) is 2.03. The van der Waals surface area contributed by atoms with E-state index in [4.69, 9.17) is 10.2 Å². The molecule has 0 amide bonds. The van der Waals surface area contributed by atoms with Gasteiger partial charge in [-0.05, 0) is 5.92 Å². The highest BCUT2D eigenvalue weighted by Crippen LogP contribution is 2.15. The zero-order valence-electron chi connectivity index (χ0n) is 7.34. The standard InChI is InChI=1S/C8H16O4/c1-5(2)6(3-9)8(12)7(11)4-10/h3,5-8,10-12H,4H2,1-2H3. The van der Waals surface area contributed by atoms with Crippen LogP contribution in [0.25, 0.3) is 0 Å². The second kappa shape index (κ2) is 5.24. The number of carbonyl (C=O) groups excluding carboxylic acids is 1. The molecular weight excluding hydrogens is 160 g/mol. The number of aliphatic hydroxyl groups is 3. The molecule has 3 N–H and O–H groups in total. The normalized spacial score (nSPS) is 18.8. The van der Waals surface area contributed by atoms with E-state index in [1.807, 2.05) is 0 Å². The van der Waals surface area contributed by atoms with E-state index in [9.17, 15) is 9.90 Å². The molecule has 0 aromatic carbocycles. The van der Waals surface area contributed by atoms with Crippen LogP contribution in [0.5, 0.6) is 0 Å². The summed E-state index contributed by atoms with van der Waals surface area (Å²) in [6.45, 7) is 3.01. The van der Waals surface area contributed by atoms with Gasteiger partial charge in [-0.1, -0.05) is 13.8 Å². The van der Waals surface area contributed by atoms with E-state index in [1.165, 1.54) is 0 Å². The maximum atomic E-state index is 10.5. The van der Waals surface area contributed by atoms with Crippen molar-refractivity contribution in [1.82, 2.24) is 0 Å². The summed E-state index contributed by atoms with van der Waals surface area (Å²) in [7, 11) is 0. The van der Waals surface area contributed by atoms with Crippen LogP contribution in [0.2, 0.25) is 0 Å². The lowest BCUT2D eigenvalue weighted by atomic mass is 9.89. The second-order valence-electron chi connectivity index (χ2n) is 3.20. The van der Waals surface area contributed by atoms with Crippen molar-refractivity contribution >= 4 is 6.29 Å². The lowest BCUT2D eigenvalue weighted by Gasteiger charge is -2.23. The van der Waals surface area contributed by atoms with Crippen molar-refractivity contribution in [1.29, 1.82) is 0 Å². The van der Waals surface area contributed by atoms with Crippen molar-refractivity contribution in [2.45, 2.75) is 26.1 Å². The highest BCUT2D eigenvalue weighted by atomic mass is 16.4. The molecule has 0 fully saturated rings. The van der Waals surface area contributed by atoms with Gasteiger partial charge in [-0.3, -0.25) is 0 Å². The van der Waals surface area contributed by atoms with E-state index in [2.05, 4.69) is 0 Å². The van der Waals surface area contributed by atoms with E-state index >= 15 is 0 Å². The van der Waals surface area contributed by atoms with E-state index in [0.717, 1.165) is 0 Å². The molecule has 0 spiro atoms. The van der Waals surface area contributed by atoms with Crippen molar-refractivity contribution in [3.05, 3.63) is 0 Å². The molecule has 4 nitrogen and oxygen atoms in total. The Labute approximate surface area is 71.8 Å². The summed E-state index contributed by atoms with van der Waals surface area (Å²) in [6.07, 6.45) is -1.80. The summed E-state index contributed by atoms with van der Waals surface area (Å²) in [6, 6.07) is 0. The fourth-order valence-electron chi connectivity index (χ4n) is 0.997. The first kappa shape index (κ1) is 11.6. The average molecular weight is 176 g/mol. The highest BCUT2D eigenvalue weighted by Gasteiger charge is 2.27. The Morgan fingerprint density at radius 2 is 1.83 bits per heavy atom. The number of carbonyl (C=O) groups is 1. The minimum atomic E-state index is -1.23. The molecule has 0 aromatic heterocycles. The SMILES string of the molecule is CC(C)C(C=O)C(O)C(O)CO. The maximum absolute atomic E-state index is 10.5. The Kier molecular flexibility index (Phi) is 5.04. The Morgan fingerprint density at radius 3 is 2.08 bits per heavy atom. The molecule has 0 aliphatic carbocycles. The lowest BCUT2D eigenvalue weighted by Crippen LogP contribution is -2.39. The Hall–Kier alpha value is -0.450. The van der Waals surface area contributed by atoms with Gasteiger partial charge in [0.15, 0.2) is 0 Å². The third kappa shape index (κ3) is 2.89. The summed E-state index contributed by atoms with van der Waals surface area (Å²) in [5.74, 6) is -0.661. The van der Waals surface area contributed by atoms with E-state index in [0.29, 0.717) is 6.29 Å². The first-order valence-corrected chi connectivity index (χ1v) is 3.96. The zero-order valence-corrected chi connectivity index (χ0v) is 7.34. The first-order valence-electron chi connectivity index (χ1n) is 3.96. The van der Waals surface area contributed by atoms with Gasteiger partial charge in [0.05, 0.1) is 12.7 Å². The summed E-state index contributed by atoms with van der Waals surface area (Å²) in [5, 5.41) is 26.8. The summed E-state index contributed by atoms with van der Waals surface area (Å²) >= 11 is 0. The van der Waals surface area contributed by atoms with Crippen LogP contribution in [-0.2, 0) is 4.79 Å². The molecule has 72 valence electrons. The number of rotatable bonds is 5. The minimum absolute atomic E-state index is 0.0429. The maximum Gasteiger partial charge on any atom is 0.126 e. The molecular formula is C8H16O4. The van der Waals surface area contributed by atoms with Crippen LogP contribution < -0.4 is 0 Å². The van der Waals surface area contributed by atoms with Crippen LogP contribution in [0.4, 0.5) is 0 Å². The number of hydrogen-bond donors (Lipinski definition) is 3. The number of aldehydes is 1. The van der Waals surface area contributed by atoms with Gasteiger partial charge >= 0.3 is 0 Å². The van der Waals surface area contributed by atoms with Crippen molar-refractivity contribution in [3.8, 4) is 0 Å². The monoisotopic (exact) mass is 176 g/mol. The molecule has 0 bridgehead atoms. The zero-order chi connectivity index (χ0) is 9.72. The highest BCUT2D eigenvalue weighted by molar-refractivity contribution is 5.55. The molecule has 0 aromatic rings. The fraction of sp³-hybridized carbons (Fsp3) is 0.875. The van der Waals surface area contributed by atoms with Gasteiger partial charge in [0, 0.05) is 5.92 Å². The molecule has 4 heteroatoms. The predicted molar refractivity (Wildman–Crippen MR) is 43.5 cm³/mol. The molecule has 0 saturated heterocycles. The second-order valence-corrected chi connectivity index (χ2v) is 3.20. The fourth-order valence-corrected chi connectivity index (χ4v) is 0.997. The van der Waals surface area contributed by atoms with Gasteiger partial charge in [-0.2, -0.15) is 0 Å². The summed E-state index contributed by atoms with van der Waals surface area (Å²) < 4.78 is 0. The minimum Gasteiger partial charge on any atom is -0.394 e. The van der Waals surface area contributed by atoms with Crippen molar-refractivity contribution in [2.24, 2.45) is 11.8 Å². The quantitative estimate of drug-likeness (QED) is 0.478. The van der Waals surface area contributed by atoms with E-state index in [1.54, 1.807) is 13.8 Å². The number of aliphatic hydroxyl groups excluding tert-OH is 3. The first-order chi connectivity index (χ1) is 5.54. The molecule has 0 aliphatic heterocycles. The Balaban J connectivity index is 4.20. The third-order valence-corrected chi connectivity index (χ3v) is 1.90. The molecule has 0 aliphatic rings. The van der Waals surface area contributed by atoms with Gasteiger partial charge in [0.1, 0.15) is 12.4 Å². The van der Waals surface area contributed by atoms with Crippen LogP contribution in [0.15, 0.2) is 0 Å². The topological polar surface area (TPSA) is 77.8 Å². The third-order valence-electron chi connectivity index (χ3n) is 1.90. The van der Waals surface area contributed by atoms with Crippen LogP contribution in [0.1, 0.15) is 13.8 Å². The van der Waals surface area contributed by atoms with Crippen LogP contribution >= 0.6 is 0 Å². The Morgan fingerprint density at radius 1 is 1.33 bits per heavy atom. The number of hydrogen-bond acceptors (Lipinski definition) is 4. The Bertz CT molecular complexity index is 135. The predicted octanol–water partition coefficient (Wildman–Crippen LogP) is -0.828. The molecule has 0 rings (SSSR count). The van der Waals surface area contributed by atoms with Crippen molar-refractivity contribution < 1.29 is 20.1 Å². The van der Waals surface area contributed by atoms with Gasteiger partial charge in [-0.25, -0.2) is 0 Å². The van der Waals surface area contributed by atoms with Crippen LogP contribution in [-0.4, -0.2) is 40.4 Å². The summed E-state index contributed by atoms with van der Waals surface area (Å²) in [4.78, 5) is 10.5. The molecule has 0 heterocycles. The molecule has 0 radical (unpaired) electrons. The van der Waals surface area contributed by atoms with E-state index < -0.39 is 24.7 Å². The van der Waals surface area contributed by atoms with Gasteiger partial charge < -0.3 is 20.1 Å². The van der Waals surface area contributed by atoms with Crippen molar-refractivity contribution in [3.63, 3.8) is 0 Å². The van der Waals surface area contributed by atoms with Crippen LogP contribution in [0, 0.1) is 11.8 Å². The van der Waals surface area contributed by atoms with Crippen molar-refractivity contribution in [2.75, 3.05) is 6.61 Å². The molecule has 3 unspecified atom stereocenters. The largest absolute Gasteiger partial charge is 0.394 e. The smallest absolute Gasteiger partial charge is 0.126 e. The lowest BCUT2D eigenvalue weighted by molar-refractivity contribution is -0.121. The molecule has 12 heavy (non-hydrogen) atoms. The summed E-state index contributed by atoms with van der Waals surface area (Å²) in [5.41, 5.74) is 0.